The molecule has 2 N–H and O–H groups in total. The maximum absolute atomic E-state index is 4.77. The summed E-state index contributed by atoms with van der Waals surface area (Å²) in [6, 6.07) is 0. The molecule has 112 valence electrons. The van der Waals surface area contributed by atoms with Crippen molar-refractivity contribution in [2.45, 2.75) is 71.8 Å². The Bertz CT molecular complexity index is 458. The van der Waals surface area contributed by atoms with Gasteiger partial charge in [-0.3, -0.25) is 0 Å². The minimum absolute atomic E-state index is 0.261. The van der Waals surface area contributed by atoms with Crippen molar-refractivity contribution in [3.05, 3.63) is 11.4 Å². The van der Waals surface area contributed by atoms with Crippen molar-refractivity contribution < 1.29 is 0 Å². The van der Waals surface area contributed by atoms with Gasteiger partial charge in [-0.25, -0.2) is 9.97 Å². The first-order chi connectivity index (χ1) is 9.51. The molecule has 1 fully saturated rings. The van der Waals surface area contributed by atoms with Crippen LogP contribution in [0.4, 0.5) is 11.6 Å². The quantitative estimate of drug-likeness (QED) is 0.822. The SMILES string of the molecule is CCNc1nc(C(C)C)nc(NC2(CC)CCC2)c1C. The number of nitrogens with one attached hydrogen (secondary N) is 2. The molecular formula is C16H28N4. The number of aromatic nitrogens is 2. The van der Waals surface area contributed by atoms with Crippen molar-refractivity contribution in [2.24, 2.45) is 0 Å². The van der Waals surface area contributed by atoms with Crippen LogP contribution in [0.1, 0.15) is 70.7 Å². The van der Waals surface area contributed by atoms with Crippen LogP contribution in [0.2, 0.25) is 0 Å². The van der Waals surface area contributed by atoms with Crippen molar-refractivity contribution in [1.82, 2.24) is 9.97 Å². The fourth-order valence-electron chi connectivity index (χ4n) is 2.68. The first-order valence-electron chi connectivity index (χ1n) is 7.92. The fourth-order valence-corrected chi connectivity index (χ4v) is 2.68. The van der Waals surface area contributed by atoms with E-state index in [-0.39, 0.29) is 5.54 Å². The molecule has 1 saturated carbocycles. The van der Waals surface area contributed by atoms with E-state index in [1.54, 1.807) is 0 Å². The first kappa shape index (κ1) is 15.1. The van der Waals surface area contributed by atoms with E-state index in [4.69, 9.17) is 4.98 Å². The third kappa shape index (κ3) is 2.89. The van der Waals surface area contributed by atoms with Gasteiger partial charge in [-0.15, -0.1) is 0 Å². The van der Waals surface area contributed by atoms with Crippen LogP contribution in [-0.4, -0.2) is 22.1 Å². The van der Waals surface area contributed by atoms with Crippen LogP contribution >= 0.6 is 0 Å². The normalized spacial score (nSPS) is 16.9. The van der Waals surface area contributed by atoms with E-state index in [9.17, 15) is 0 Å². The predicted molar refractivity (Wildman–Crippen MR) is 85.5 cm³/mol. The Kier molecular flexibility index (Phi) is 4.51. The molecule has 1 heterocycles. The largest absolute Gasteiger partial charge is 0.370 e. The van der Waals surface area contributed by atoms with Crippen LogP contribution in [0, 0.1) is 6.92 Å². The Labute approximate surface area is 122 Å². The molecule has 0 saturated heterocycles. The molecule has 20 heavy (non-hydrogen) atoms. The zero-order valence-electron chi connectivity index (χ0n) is 13.5. The molecule has 0 amide bonds. The highest BCUT2D eigenvalue weighted by Crippen LogP contribution is 2.39. The number of hydrogen-bond donors (Lipinski definition) is 2. The standard InChI is InChI=1S/C16H28N4/c1-6-16(9-8-10-16)20-15-12(5)14(17-7-2)18-13(19-15)11(3)4/h11H,6-10H2,1-5H3,(H2,17,18,19,20). The lowest BCUT2D eigenvalue weighted by Gasteiger charge is -2.43. The average Bonchev–Trinajstić information content (AvgIpc) is 2.37. The summed E-state index contributed by atoms with van der Waals surface area (Å²) in [5.74, 6) is 3.24. The van der Waals surface area contributed by atoms with Crippen molar-refractivity contribution in [2.75, 3.05) is 17.2 Å². The minimum Gasteiger partial charge on any atom is -0.370 e. The Morgan fingerprint density at radius 3 is 2.25 bits per heavy atom. The number of rotatable bonds is 6. The van der Waals surface area contributed by atoms with Gasteiger partial charge in [0.25, 0.3) is 0 Å². The highest BCUT2D eigenvalue weighted by Gasteiger charge is 2.35. The molecule has 0 atom stereocenters. The fraction of sp³-hybridized carbons (Fsp3) is 0.750. The lowest BCUT2D eigenvalue weighted by atomic mass is 9.75. The summed E-state index contributed by atoms with van der Waals surface area (Å²) in [5, 5.41) is 7.07. The van der Waals surface area contributed by atoms with E-state index < -0.39 is 0 Å². The summed E-state index contributed by atoms with van der Waals surface area (Å²) in [6.45, 7) is 11.6. The van der Waals surface area contributed by atoms with E-state index in [1.807, 2.05) is 0 Å². The maximum Gasteiger partial charge on any atom is 0.135 e. The summed E-state index contributed by atoms with van der Waals surface area (Å²) in [5.41, 5.74) is 1.40. The van der Waals surface area contributed by atoms with Gasteiger partial charge < -0.3 is 10.6 Å². The van der Waals surface area contributed by atoms with E-state index in [2.05, 4.69) is 50.2 Å². The molecule has 0 bridgehead atoms. The zero-order chi connectivity index (χ0) is 14.8. The second-order valence-electron chi connectivity index (χ2n) is 6.20. The van der Waals surface area contributed by atoms with E-state index in [0.29, 0.717) is 5.92 Å². The van der Waals surface area contributed by atoms with Crippen LogP contribution in [0.15, 0.2) is 0 Å². The molecule has 0 unspecified atom stereocenters. The van der Waals surface area contributed by atoms with Gasteiger partial charge in [-0.05, 0) is 39.5 Å². The van der Waals surface area contributed by atoms with Crippen LogP contribution in [-0.2, 0) is 0 Å². The summed E-state index contributed by atoms with van der Waals surface area (Å²) >= 11 is 0. The lowest BCUT2D eigenvalue weighted by Crippen LogP contribution is -2.44. The smallest absolute Gasteiger partial charge is 0.135 e. The molecule has 2 rings (SSSR count). The maximum atomic E-state index is 4.77. The van der Waals surface area contributed by atoms with Crippen LogP contribution in [0.25, 0.3) is 0 Å². The van der Waals surface area contributed by atoms with Gasteiger partial charge in [0.2, 0.25) is 0 Å². The van der Waals surface area contributed by atoms with Crippen LogP contribution in [0.5, 0.6) is 0 Å². The Morgan fingerprint density at radius 2 is 1.80 bits per heavy atom. The van der Waals surface area contributed by atoms with Crippen molar-refractivity contribution in [3.8, 4) is 0 Å². The minimum atomic E-state index is 0.261. The summed E-state index contributed by atoms with van der Waals surface area (Å²) in [4.78, 5) is 9.43. The first-order valence-corrected chi connectivity index (χ1v) is 7.92. The number of hydrogen-bond acceptors (Lipinski definition) is 4. The van der Waals surface area contributed by atoms with E-state index >= 15 is 0 Å². The van der Waals surface area contributed by atoms with E-state index in [0.717, 1.165) is 36.0 Å². The van der Waals surface area contributed by atoms with Crippen LogP contribution in [0.3, 0.4) is 0 Å². The highest BCUT2D eigenvalue weighted by atomic mass is 15.1. The molecule has 1 aliphatic carbocycles. The van der Waals surface area contributed by atoms with Gasteiger partial charge in [0, 0.05) is 23.6 Å². The zero-order valence-corrected chi connectivity index (χ0v) is 13.5. The van der Waals surface area contributed by atoms with Gasteiger partial charge >= 0.3 is 0 Å². The monoisotopic (exact) mass is 276 g/mol. The molecule has 0 aromatic carbocycles. The second-order valence-corrected chi connectivity index (χ2v) is 6.20. The topological polar surface area (TPSA) is 49.8 Å². The predicted octanol–water partition coefficient (Wildman–Crippen LogP) is 4.08. The molecule has 4 heteroatoms. The second kappa shape index (κ2) is 5.98. The van der Waals surface area contributed by atoms with Crippen molar-refractivity contribution in [3.63, 3.8) is 0 Å². The molecule has 4 nitrogen and oxygen atoms in total. The molecule has 0 spiro atoms. The number of nitrogens with zero attached hydrogens (tertiary/aromatic N) is 2. The third-order valence-corrected chi connectivity index (χ3v) is 4.39. The van der Waals surface area contributed by atoms with Crippen molar-refractivity contribution in [1.29, 1.82) is 0 Å². The molecule has 0 aliphatic heterocycles. The van der Waals surface area contributed by atoms with Crippen LogP contribution < -0.4 is 10.6 Å². The molecule has 1 aromatic heterocycles. The van der Waals surface area contributed by atoms with E-state index in [1.165, 1.54) is 19.3 Å². The molecule has 1 aromatic rings. The molecular weight excluding hydrogens is 248 g/mol. The Balaban J connectivity index is 2.34. The van der Waals surface area contributed by atoms with Gasteiger partial charge in [0.05, 0.1) is 0 Å². The van der Waals surface area contributed by atoms with Gasteiger partial charge in [-0.1, -0.05) is 20.8 Å². The summed E-state index contributed by atoms with van der Waals surface area (Å²) < 4.78 is 0. The summed E-state index contributed by atoms with van der Waals surface area (Å²) in [7, 11) is 0. The molecule has 0 radical (unpaired) electrons. The van der Waals surface area contributed by atoms with Crippen molar-refractivity contribution >= 4 is 11.6 Å². The summed E-state index contributed by atoms with van der Waals surface area (Å²) in [6.07, 6.45) is 4.98. The van der Waals surface area contributed by atoms with Gasteiger partial charge in [0.15, 0.2) is 0 Å². The highest BCUT2D eigenvalue weighted by molar-refractivity contribution is 5.58. The lowest BCUT2D eigenvalue weighted by molar-refractivity contribution is 0.268. The van der Waals surface area contributed by atoms with Gasteiger partial charge in [0.1, 0.15) is 17.5 Å². The average molecular weight is 276 g/mol. The Hall–Kier alpha value is -1.32. The Morgan fingerprint density at radius 1 is 1.15 bits per heavy atom. The molecule has 1 aliphatic rings. The third-order valence-electron chi connectivity index (χ3n) is 4.39. The number of anilines is 2. The van der Waals surface area contributed by atoms with Gasteiger partial charge in [-0.2, -0.15) is 0 Å².